The number of aromatic hydroxyl groups is 1. The highest BCUT2D eigenvalue weighted by Gasteiger charge is 2.17. The van der Waals surface area contributed by atoms with Crippen molar-refractivity contribution in [3.63, 3.8) is 0 Å². The van der Waals surface area contributed by atoms with Gasteiger partial charge in [0.25, 0.3) is 0 Å². The lowest BCUT2D eigenvalue weighted by molar-refractivity contribution is 0.316. The predicted octanol–water partition coefficient (Wildman–Crippen LogP) is 4.73. The maximum atomic E-state index is 9.94. The number of aromatic nitrogens is 3. The number of rotatable bonds is 8. The van der Waals surface area contributed by atoms with E-state index < -0.39 is 0 Å². The Morgan fingerprint density at radius 1 is 1.07 bits per heavy atom. The summed E-state index contributed by atoms with van der Waals surface area (Å²) >= 11 is 5.95. The van der Waals surface area contributed by atoms with E-state index in [-0.39, 0.29) is 5.88 Å². The van der Waals surface area contributed by atoms with Gasteiger partial charge in [0.2, 0.25) is 5.88 Å². The maximum Gasteiger partial charge on any atom is 0.222 e. The van der Waals surface area contributed by atoms with Crippen LogP contribution in [0.1, 0.15) is 30.5 Å². The van der Waals surface area contributed by atoms with Gasteiger partial charge in [0.15, 0.2) is 0 Å². The van der Waals surface area contributed by atoms with Gasteiger partial charge in [-0.3, -0.25) is 9.98 Å². The molecule has 4 rings (SSSR count). The molecule has 3 aromatic rings. The lowest BCUT2D eigenvalue weighted by Crippen LogP contribution is -2.19. The molecule has 0 radical (unpaired) electrons. The molecule has 0 aliphatic carbocycles. The average Bonchev–Trinajstić information content (AvgIpc) is 3.22. The summed E-state index contributed by atoms with van der Waals surface area (Å²) in [5.74, 6) is 0.263. The van der Waals surface area contributed by atoms with Crippen molar-refractivity contribution in [1.82, 2.24) is 19.9 Å². The molecule has 0 saturated heterocycles. The normalized spacial score (nSPS) is 15.8. The molecule has 0 fully saturated rings. The zero-order valence-electron chi connectivity index (χ0n) is 16.9. The minimum atomic E-state index is -0.0366. The Morgan fingerprint density at radius 3 is 2.73 bits per heavy atom. The molecule has 0 saturated carbocycles. The molecule has 154 valence electrons. The Morgan fingerprint density at radius 2 is 1.90 bits per heavy atom. The highest BCUT2D eigenvalue weighted by molar-refractivity contribution is 6.30. The van der Waals surface area contributed by atoms with Crippen LogP contribution in [-0.4, -0.2) is 44.8 Å². The summed E-state index contributed by atoms with van der Waals surface area (Å²) in [6.07, 6.45) is 10.4. The summed E-state index contributed by atoms with van der Waals surface area (Å²) < 4.78 is 0. The Labute approximate surface area is 181 Å². The summed E-state index contributed by atoms with van der Waals surface area (Å²) in [4.78, 5) is 19.4. The van der Waals surface area contributed by atoms with E-state index in [0.717, 1.165) is 43.1 Å². The Kier molecular flexibility index (Phi) is 6.35. The van der Waals surface area contributed by atoms with Crippen LogP contribution in [0.15, 0.2) is 53.9 Å². The van der Waals surface area contributed by atoms with Gasteiger partial charge in [0.1, 0.15) is 17.5 Å². The van der Waals surface area contributed by atoms with Gasteiger partial charge >= 0.3 is 0 Å². The molecule has 0 spiro atoms. The summed E-state index contributed by atoms with van der Waals surface area (Å²) in [5, 5.41) is 11.3. The molecule has 7 heteroatoms. The van der Waals surface area contributed by atoms with Crippen molar-refractivity contribution in [2.75, 3.05) is 13.6 Å². The molecular weight excluding hydrogens is 398 g/mol. The van der Waals surface area contributed by atoms with Crippen molar-refractivity contribution in [3.05, 3.63) is 65.2 Å². The highest BCUT2D eigenvalue weighted by Crippen LogP contribution is 2.30. The number of hydrogen-bond donors (Lipinski definition) is 1. The van der Waals surface area contributed by atoms with Crippen LogP contribution in [0.4, 0.5) is 0 Å². The van der Waals surface area contributed by atoms with Gasteiger partial charge in [-0.25, -0.2) is 9.97 Å². The molecule has 0 bridgehead atoms. The largest absolute Gasteiger partial charge is 0.493 e. The van der Waals surface area contributed by atoms with Crippen LogP contribution in [0.25, 0.3) is 16.6 Å². The van der Waals surface area contributed by atoms with E-state index in [4.69, 9.17) is 11.6 Å². The van der Waals surface area contributed by atoms with Crippen LogP contribution < -0.4 is 0 Å². The van der Waals surface area contributed by atoms with Crippen molar-refractivity contribution >= 4 is 34.4 Å². The lowest BCUT2D eigenvalue weighted by atomic mass is 10.0. The number of nitrogens with zero attached hydrogens (tertiary/aromatic N) is 5. The topological polar surface area (TPSA) is 74.5 Å². The Balaban J connectivity index is 1.29. The number of unbranched alkanes of at least 4 members (excludes halogenated alkanes) is 1. The SMILES string of the molecule is CN(CCCCC1C=NC(c2nccc3c(O)ncnc23)=C1)Cc1ccc(Cl)cc1. The van der Waals surface area contributed by atoms with E-state index in [1.165, 1.54) is 11.9 Å². The molecule has 1 N–H and O–H groups in total. The van der Waals surface area contributed by atoms with Crippen LogP contribution in [0.2, 0.25) is 5.02 Å². The first-order valence-corrected chi connectivity index (χ1v) is 10.5. The molecule has 3 heterocycles. The van der Waals surface area contributed by atoms with Gasteiger partial charge in [-0.2, -0.15) is 0 Å². The quantitative estimate of drug-likeness (QED) is 0.532. The van der Waals surface area contributed by atoms with E-state index in [0.29, 0.717) is 22.5 Å². The van der Waals surface area contributed by atoms with Crippen LogP contribution >= 0.6 is 11.6 Å². The molecule has 1 aliphatic rings. The lowest BCUT2D eigenvalue weighted by Gasteiger charge is -2.17. The maximum absolute atomic E-state index is 9.94. The number of hydrogen-bond acceptors (Lipinski definition) is 6. The molecule has 0 amide bonds. The van der Waals surface area contributed by atoms with Crippen LogP contribution in [0.3, 0.4) is 0 Å². The number of pyridine rings is 1. The van der Waals surface area contributed by atoms with Gasteiger partial charge in [-0.05, 0) is 56.3 Å². The second-order valence-corrected chi connectivity index (χ2v) is 8.04. The third kappa shape index (κ3) is 4.83. The number of halogens is 1. The van der Waals surface area contributed by atoms with Crippen LogP contribution in [0, 0.1) is 5.92 Å². The van der Waals surface area contributed by atoms with E-state index in [2.05, 4.69) is 50.1 Å². The van der Waals surface area contributed by atoms with E-state index >= 15 is 0 Å². The Hall–Kier alpha value is -2.83. The second-order valence-electron chi connectivity index (χ2n) is 7.61. The van der Waals surface area contributed by atoms with Crippen LogP contribution in [-0.2, 0) is 6.54 Å². The van der Waals surface area contributed by atoms with Crippen molar-refractivity contribution in [1.29, 1.82) is 0 Å². The predicted molar refractivity (Wildman–Crippen MR) is 121 cm³/mol. The molecule has 1 aromatic carbocycles. The van der Waals surface area contributed by atoms with Gasteiger partial charge in [0, 0.05) is 29.9 Å². The average molecular weight is 422 g/mol. The van der Waals surface area contributed by atoms with Crippen LogP contribution in [0.5, 0.6) is 5.88 Å². The molecule has 1 unspecified atom stereocenters. The summed E-state index contributed by atoms with van der Waals surface area (Å²) in [5.41, 5.74) is 3.39. The first-order chi connectivity index (χ1) is 14.6. The highest BCUT2D eigenvalue weighted by atomic mass is 35.5. The van der Waals surface area contributed by atoms with Gasteiger partial charge in [0.05, 0.1) is 11.1 Å². The molecule has 1 aliphatic heterocycles. The Bertz CT molecular complexity index is 1080. The van der Waals surface area contributed by atoms with E-state index in [1.54, 1.807) is 12.3 Å². The fourth-order valence-electron chi connectivity index (χ4n) is 3.67. The van der Waals surface area contributed by atoms with Gasteiger partial charge in [-0.15, -0.1) is 0 Å². The third-order valence-corrected chi connectivity index (χ3v) is 5.50. The van der Waals surface area contributed by atoms with Gasteiger partial charge < -0.3 is 10.0 Å². The fraction of sp³-hybridized carbons (Fsp3) is 0.304. The number of allylic oxidation sites excluding steroid dienone is 1. The van der Waals surface area contributed by atoms with Crippen molar-refractivity contribution in [3.8, 4) is 5.88 Å². The first kappa shape index (κ1) is 20.4. The minimum absolute atomic E-state index is 0.0366. The fourth-order valence-corrected chi connectivity index (χ4v) is 3.79. The summed E-state index contributed by atoms with van der Waals surface area (Å²) in [6.45, 7) is 1.97. The number of fused-ring (bicyclic) bond motifs is 1. The zero-order chi connectivity index (χ0) is 20.9. The molecular formula is C23H24ClN5O. The first-order valence-electron chi connectivity index (χ1n) is 10.1. The van der Waals surface area contributed by atoms with Gasteiger partial charge in [-0.1, -0.05) is 30.2 Å². The summed E-state index contributed by atoms with van der Waals surface area (Å²) in [6, 6.07) is 9.74. The molecule has 6 nitrogen and oxygen atoms in total. The monoisotopic (exact) mass is 421 g/mol. The third-order valence-electron chi connectivity index (χ3n) is 5.24. The summed E-state index contributed by atoms with van der Waals surface area (Å²) in [7, 11) is 2.15. The number of benzene rings is 1. The standard InChI is InChI=1S/C23H24ClN5O/c1-29(14-16-5-7-18(24)8-6-16)11-3-2-4-17-12-20(26-13-17)22-21-19(9-10-25-22)23(30)28-15-27-21/h5-10,12-13,15,17H,2-4,11,14H2,1H3,(H,27,28,30). The van der Waals surface area contributed by atoms with Crippen molar-refractivity contribution < 1.29 is 5.11 Å². The smallest absolute Gasteiger partial charge is 0.222 e. The second kappa shape index (κ2) is 9.32. The number of aliphatic imine (C=N–C) groups is 1. The van der Waals surface area contributed by atoms with Crippen molar-refractivity contribution in [2.24, 2.45) is 10.9 Å². The zero-order valence-corrected chi connectivity index (χ0v) is 17.6. The molecule has 2 aromatic heterocycles. The molecule has 1 atom stereocenters. The van der Waals surface area contributed by atoms with E-state index in [9.17, 15) is 5.11 Å². The van der Waals surface area contributed by atoms with E-state index in [1.807, 2.05) is 18.3 Å². The van der Waals surface area contributed by atoms with Crippen molar-refractivity contribution in [2.45, 2.75) is 25.8 Å². The minimum Gasteiger partial charge on any atom is -0.493 e. The molecule has 30 heavy (non-hydrogen) atoms.